The molecule has 2 aliphatic heterocycles. The van der Waals surface area contributed by atoms with Crippen LogP contribution >= 0.6 is 0 Å². The smallest absolute Gasteiger partial charge is 0.255 e. The molecule has 6 rings (SSSR count). The van der Waals surface area contributed by atoms with Gasteiger partial charge in [0.25, 0.3) is 5.91 Å². The minimum atomic E-state index is -0.647. The lowest BCUT2D eigenvalue weighted by molar-refractivity contribution is -0.136. The van der Waals surface area contributed by atoms with Gasteiger partial charge in [-0.2, -0.15) is 0 Å². The van der Waals surface area contributed by atoms with Crippen LogP contribution in [0.5, 0.6) is 5.75 Å². The fourth-order valence-electron chi connectivity index (χ4n) is 5.21. The molecule has 1 fully saturated rings. The average Bonchev–Trinajstić information content (AvgIpc) is 3.48. The molecule has 1 saturated heterocycles. The van der Waals surface area contributed by atoms with Gasteiger partial charge in [-0.1, -0.05) is 60.7 Å². The van der Waals surface area contributed by atoms with Crippen LogP contribution in [0.2, 0.25) is 0 Å². The zero-order valence-electron chi connectivity index (χ0n) is 21.6. The molecule has 3 amide bonds. The van der Waals surface area contributed by atoms with Crippen LogP contribution in [-0.4, -0.2) is 38.2 Å². The van der Waals surface area contributed by atoms with E-state index >= 15 is 0 Å². The van der Waals surface area contributed by atoms with E-state index in [1.54, 1.807) is 12.1 Å². The first-order valence-electron chi connectivity index (χ1n) is 13.0. The summed E-state index contributed by atoms with van der Waals surface area (Å²) < 4.78 is 8.29. The Morgan fingerprint density at radius 3 is 2.49 bits per heavy atom. The molecule has 1 atom stereocenters. The summed E-state index contributed by atoms with van der Waals surface area (Å²) in [6.45, 7) is 3.37. The number of fused-ring (bicyclic) bond motifs is 1. The van der Waals surface area contributed by atoms with Crippen LogP contribution in [0.4, 0.5) is 0 Å². The third kappa shape index (κ3) is 4.93. The third-order valence-corrected chi connectivity index (χ3v) is 7.35. The first-order valence-corrected chi connectivity index (χ1v) is 13.0. The molecule has 1 aromatic heterocycles. The molecule has 3 heterocycles. The summed E-state index contributed by atoms with van der Waals surface area (Å²) in [4.78, 5) is 43.2. The molecule has 196 valence electrons. The van der Waals surface area contributed by atoms with Crippen molar-refractivity contribution < 1.29 is 19.1 Å². The molecule has 1 N–H and O–H groups in total. The molecular formula is C31H28N4O4. The van der Waals surface area contributed by atoms with Crippen molar-refractivity contribution in [3.05, 3.63) is 107 Å². The van der Waals surface area contributed by atoms with Gasteiger partial charge in [0.05, 0.1) is 12.2 Å². The van der Waals surface area contributed by atoms with Crippen LogP contribution < -0.4 is 10.1 Å². The molecule has 0 bridgehead atoms. The molecule has 39 heavy (non-hydrogen) atoms. The number of piperidine rings is 1. The maximum Gasteiger partial charge on any atom is 0.255 e. The van der Waals surface area contributed by atoms with Crippen molar-refractivity contribution in [3.63, 3.8) is 0 Å². The highest BCUT2D eigenvalue weighted by molar-refractivity contribution is 6.05. The monoisotopic (exact) mass is 520 g/mol. The standard InChI is InChI=1S/C31H28N4O4/c1-20-32-26(23-6-3-2-4-7-23)18-34(20)16-21-10-12-22(13-11-21)19-39-28-9-5-8-24-25(28)17-35(31(24)38)27-14-15-29(36)33-30(27)37/h2-13,18,27H,14-17,19H2,1H3,(H,33,36,37). The molecule has 8 nitrogen and oxygen atoms in total. The second kappa shape index (κ2) is 10.2. The van der Waals surface area contributed by atoms with Crippen molar-refractivity contribution in [2.45, 2.75) is 45.5 Å². The van der Waals surface area contributed by atoms with Gasteiger partial charge in [-0.3, -0.25) is 19.7 Å². The van der Waals surface area contributed by atoms with E-state index in [4.69, 9.17) is 9.72 Å². The predicted octanol–water partition coefficient (Wildman–Crippen LogP) is 4.25. The first kappa shape index (κ1) is 24.6. The van der Waals surface area contributed by atoms with Crippen molar-refractivity contribution in [2.75, 3.05) is 0 Å². The van der Waals surface area contributed by atoms with Gasteiger partial charge >= 0.3 is 0 Å². The summed E-state index contributed by atoms with van der Waals surface area (Å²) >= 11 is 0. The molecule has 0 saturated carbocycles. The van der Waals surface area contributed by atoms with Gasteiger partial charge in [-0.25, -0.2) is 4.98 Å². The number of aromatic nitrogens is 2. The number of carbonyl (C=O) groups is 3. The van der Waals surface area contributed by atoms with Gasteiger partial charge in [0.2, 0.25) is 11.8 Å². The van der Waals surface area contributed by atoms with Gasteiger partial charge in [-0.15, -0.1) is 0 Å². The van der Waals surface area contributed by atoms with E-state index in [-0.39, 0.29) is 24.8 Å². The van der Waals surface area contributed by atoms with Crippen molar-refractivity contribution in [1.82, 2.24) is 19.8 Å². The summed E-state index contributed by atoms with van der Waals surface area (Å²) in [5.41, 5.74) is 5.54. The van der Waals surface area contributed by atoms with E-state index in [1.165, 1.54) is 4.90 Å². The summed E-state index contributed by atoms with van der Waals surface area (Å²) in [5.74, 6) is 0.659. The summed E-state index contributed by atoms with van der Waals surface area (Å²) in [5, 5.41) is 2.34. The summed E-state index contributed by atoms with van der Waals surface area (Å²) in [6.07, 6.45) is 2.64. The minimum absolute atomic E-state index is 0.209. The first-order chi connectivity index (χ1) is 19.0. The van der Waals surface area contributed by atoms with Crippen LogP contribution in [0.1, 0.15) is 45.7 Å². The van der Waals surface area contributed by atoms with Crippen molar-refractivity contribution >= 4 is 17.7 Å². The quantitative estimate of drug-likeness (QED) is 0.368. The lowest BCUT2D eigenvalue weighted by Crippen LogP contribution is -2.52. The molecule has 3 aromatic carbocycles. The van der Waals surface area contributed by atoms with Crippen LogP contribution in [0.3, 0.4) is 0 Å². The molecule has 4 aromatic rings. The number of amides is 3. The number of hydrogen-bond donors (Lipinski definition) is 1. The Hall–Kier alpha value is -4.72. The number of imidazole rings is 1. The number of rotatable bonds is 7. The zero-order chi connectivity index (χ0) is 26.9. The number of nitrogens with one attached hydrogen (secondary N) is 1. The number of nitrogens with zero attached hydrogens (tertiary/aromatic N) is 3. The van der Waals surface area contributed by atoms with Crippen molar-refractivity contribution in [1.29, 1.82) is 0 Å². The van der Waals surface area contributed by atoms with Crippen LogP contribution in [-0.2, 0) is 29.3 Å². The molecule has 1 unspecified atom stereocenters. The van der Waals surface area contributed by atoms with E-state index in [0.717, 1.165) is 40.3 Å². The van der Waals surface area contributed by atoms with Gasteiger partial charge in [0, 0.05) is 35.9 Å². The average molecular weight is 521 g/mol. The second-order valence-corrected chi connectivity index (χ2v) is 9.95. The Bertz CT molecular complexity index is 1560. The van der Waals surface area contributed by atoms with Gasteiger partial charge < -0.3 is 14.2 Å². The largest absolute Gasteiger partial charge is 0.489 e. The van der Waals surface area contributed by atoms with E-state index in [0.29, 0.717) is 24.3 Å². The van der Waals surface area contributed by atoms with E-state index in [1.807, 2.05) is 43.3 Å². The van der Waals surface area contributed by atoms with E-state index in [2.05, 4.69) is 40.3 Å². The predicted molar refractivity (Wildman–Crippen MR) is 145 cm³/mol. The molecule has 0 radical (unpaired) electrons. The van der Waals surface area contributed by atoms with Gasteiger partial charge in [-0.05, 0) is 36.6 Å². The summed E-state index contributed by atoms with van der Waals surface area (Å²) in [7, 11) is 0. The zero-order valence-corrected chi connectivity index (χ0v) is 21.6. The number of imide groups is 1. The highest BCUT2D eigenvalue weighted by Crippen LogP contribution is 2.34. The van der Waals surface area contributed by atoms with Crippen LogP contribution in [0.15, 0.2) is 79.0 Å². The number of benzene rings is 3. The third-order valence-electron chi connectivity index (χ3n) is 7.35. The highest BCUT2D eigenvalue weighted by Gasteiger charge is 2.40. The summed E-state index contributed by atoms with van der Waals surface area (Å²) in [6, 6.07) is 23.2. The molecule has 0 aliphatic carbocycles. The fraction of sp³-hybridized carbons (Fsp3) is 0.226. The normalized spacial score (nSPS) is 16.8. The Balaban J connectivity index is 1.11. The van der Waals surface area contributed by atoms with Crippen molar-refractivity contribution in [2.24, 2.45) is 0 Å². The van der Waals surface area contributed by atoms with Gasteiger partial charge in [0.1, 0.15) is 24.2 Å². The Labute approximate surface area is 226 Å². The lowest BCUT2D eigenvalue weighted by Gasteiger charge is -2.29. The SMILES string of the molecule is Cc1nc(-c2ccccc2)cn1Cc1ccc(COc2cccc3c2CN(C2CCC(=O)NC2=O)C3=O)cc1. The van der Waals surface area contributed by atoms with Crippen molar-refractivity contribution in [3.8, 4) is 17.0 Å². The molecular weight excluding hydrogens is 492 g/mol. The molecule has 2 aliphatic rings. The molecule has 0 spiro atoms. The number of ether oxygens (including phenoxy) is 1. The minimum Gasteiger partial charge on any atom is -0.489 e. The topological polar surface area (TPSA) is 93.5 Å². The van der Waals surface area contributed by atoms with Gasteiger partial charge in [0.15, 0.2) is 0 Å². The second-order valence-electron chi connectivity index (χ2n) is 9.95. The highest BCUT2D eigenvalue weighted by atomic mass is 16.5. The van der Waals surface area contributed by atoms with E-state index in [9.17, 15) is 14.4 Å². The van der Waals surface area contributed by atoms with Crippen LogP contribution in [0.25, 0.3) is 11.3 Å². The number of aryl methyl sites for hydroxylation is 1. The Morgan fingerprint density at radius 2 is 1.72 bits per heavy atom. The van der Waals surface area contributed by atoms with E-state index < -0.39 is 11.9 Å². The van der Waals surface area contributed by atoms with Crippen LogP contribution in [0, 0.1) is 6.92 Å². The Morgan fingerprint density at radius 1 is 0.949 bits per heavy atom. The number of hydrogen-bond acceptors (Lipinski definition) is 5. The number of carbonyl (C=O) groups excluding carboxylic acids is 3. The fourth-order valence-corrected chi connectivity index (χ4v) is 5.21. The maximum absolute atomic E-state index is 13.0. The Kier molecular flexibility index (Phi) is 6.44. The maximum atomic E-state index is 13.0. The molecule has 8 heteroatoms. The lowest BCUT2D eigenvalue weighted by atomic mass is 10.0.